The standard InChI is InChI=1S/C19H26N4O2S/c1-12(2)23-16(21-22-19(23)26)11-20-18(24)15-5-4-10-25-17(15)14-8-6-13(3)7-9-14/h6-9,12,15,17H,4-5,10-11H2,1-3H3,(H,20,24)(H,22,26). The molecule has 1 aromatic heterocycles. The minimum Gasteiger partial charge on any atom is -0.373 e. The molecule has 26 heavy (non-hydrogen) atoms. The van der Waals surface area contributed by atoms with E-state index in [-0.39, 0.29) is 24.0 Å². The number of H-pyrrole nitrogens is 1. The van der Waals surface area contributed by atoms with E-state index >= 15 is 0 Å². The molecule has 140 valence electrons. The number of nitrogens with one attached hydrogen (secondary N) is 2. The summed E-state index contributed by atoms with van der Waals surface area (Å²) in [5.74, 6) is 0.544. The largest absolute Gasteiger partial charge is 0.373 e. The molecule has 0 saturated carbocycles. The van der Waals surface area contributed by atoms with Crippen LogP contribution in [0.3, 0.4) is 0 Å². The van der Waals surface area contributed by atoms with E-state index in [1.165, 1.54) is 5.56 Å². The third kappa shape index (κ3) is 4.04. The molecule has 1 aliphatic heterocycles. The summed E-state index contributed by atoms with van der Waals surface area (Å²) in [6, 6.07) is 8.41. The van der Waals surface area contributed by atoms with Crippen molar-refractivity contribution in [2.45, 2.75) is 52.3 Å². The molecule has 1 amide bonds. The van der Waals surface area contributed by atoms with Crippen LogP contribution in [0, 0.1) is 17.6 Å². The first kappa shape index (κ1) is 18.8. The Morgan fingerprint density at radius 2 is 2.15 bits per heavy atom. The average molecular weight is 375 g/mol. The first-order valence-electron chi connectivity index (χ1n) is 9.09. The Morgan fingerprint density at radius 3 is 2.85 bits per heavy atom. The summed E-state index contributed by atoms with van der Waals surface area (Å²) in [6.45, 7) is 7.17. The predicted molar refractivity (Wildman–Crippen MR) is 102 cm³/mol. The summed E-state index contributed by atoms with van der Waals surface area (Å²) in [5.41, 5.74) is 2.25. The van der Waals surface area contributed by atoms with Crippen LogP contribution in [0.2, 0.25) is 0 Å². The molecule has 1 aliphatic rings. The maximum atomic E-state index is 12.8. The number of nitrogens with zero attached hydrogens (tertiary/aromatic N) is 2. The Bertz CT molecular complexity index is 810. The Balaban J connectivity index is 1.71. The van der Waals surface area contributed by atoms with E-state index in [9.17, 15) is 4.79 Å². The van der Waals surface area contributed by atoms with Gasteiger partial charge >= 0.3 is 0 Å². The van der Waals surface area contributed by atoms with Crippen molar-refractivity contribution in [1.29, 1.82) is 0 Å². The maximum Gasteiger partial charge on any atom is 0.226 e. The molecule has 7 heteroatoms. The molecule has 1 saturated heterocycles. The number of aromatic nitrogens is 3. The second-order valence-electron chi connectivity index (χ2n) is 7.08. The lowest BCUT2D eigenvalue weighted by atomic mass is 9.88. The summed E-state index contributed by atoms with van der Waals surface area (Å²) < 4.78 is 8.44. The van der Waals surface area contributed by atoms with Gasteiger partial charge < -0.3 is 14.6 Å². The van der Waals surface area contributed by atoms with Gasteiger partial charge in [-0.2, -0.15) is 5.10 Å². The maximum absolute atomic E-state index is 12.8. The molecule has 3 rings (SSSR count). The highest BCUT2D eigenvalue weighted by molar-refractivity contribution is 7.71. The number of carbonyl (C=O) groups excluding carboxylic acids is 1. The number of aryl methyl sites for hydroxylation is 1. The van der Waals surface area contributed by atoms with Gasteiger partial charge in [0.25, 0.3) is 0 Å². The van der Waals surface area contributed by atoms with Gasteiger partial charge in [0.1, 0.15) is 0 Å². The smallest absolute Gasteiger partial charge is 0.226 e. The monoisotopic (exact) mass is 374 g/mol. The Morgan fingerprint density at radius 1 is 1.42 bits per heavy atom. The molecule has 2 heterocycles. The SMILES string of the molecule is Cc1ccc(C2OCCCC2C(=O)NCc2n[nH]c(=S)n2C(C)C)cc1. The van der Waals surface area contributed by atoms with Gasteiger partial charge in [0.15, 0.2) is 10.6 Å². The lowest BCUT2D eigenvalue weighted by Crippen LogP contribution is -2.37. The van der Waals surface area contributed by atoms with Crippen molar-refractivity contribution < 1.29 is 9.53 Å². The highest BCUT2D eigenvalue weighted by atomic mass is 32.1. The van der Waals surface area contributed by atoms with Crippen molar-refractivity contribution >= 4 is 18.1 Å². The third-order valence-electron chi connectivity index (χ3n) is 4.78. The van der Waals surface area contributed by atoms with E-state index in [2.05, 4.69) is 46.7 Å². The second-order valence-corrected chi connectivity index (χ2v) is 7.46. The first-order valence-corrected chi connectivity index (χ1v) is 9.50. The Labute approximate surface area is 159 Å². The minimum atomic E-state index is -0.199. The number of carbonyl (C=O) groups is 1. The molecule has 1 fully saturated rings. The van der Waals surface area contributed by atoms with Gasteiger partial charge in [-0.1, -0.05) is 29.8 Å². The lowest BCUT2D eigenvalue weighted by molar-refractivity contribution is -0.135. The second kappa shape index (κ2) is 8.14. The normalized spacial score (nSPS) is 20.3. The van der Waals surface area contributed by atoms with Gasteiger partial charge in [-0.05, 0) is 51.4 Å². The molecular weight excluding hydrogens is 348 g/mol. The zero-order valence-electron chi connectivity index (χ0n) is 15.5. The summed E-state index contributed by atoms with van der Waals surface area (Å²) >= 11 is 5.26. The quantitative estimate of drug-likeness (QED) is 0.784. The van der Waals surface area contributed by atoms with Crippen molar-refractivity contribution in [2.75, 3.05) is 6.61 Å². The fourth-order valence-electron chi connectivity index (χ4n) is 3.43. The number of benzene rings is 1. The van der Waals surface area contributed by atoms with Crippen molar-refractivity contribution in [3.63, 3.8) is 0 Å². The number of amides is 1. The van der Waals surface area contributed by atoms with E-state index in [0.717, 1.165) is 24.2 Å². The zero-order valence-corrected chi connectivity index (χ0v) is 16.3. The summed E-state index contributed by atoms with van der Waals surface area (Å²) in [6.07, 6.45) is 1.52. The topological polar surface area (TPSA) is 71.9 Å². The molecule has 1 aromatic carbocycles. The summed E-state index contributed by atoms with van der Waals surface area (Å²) in [7, 11) is 0. The molecular formula is C19H26N4O2S. The number of hydrogen-bond donors (Lipinski definition) is 2. The van der Waals surface area contributed by atoms with Crippen LogP contribution in [0.15, 0.2) is 24.3 Å². The van der Waals surface area contributed by atoms with Crippen LogP contribution in [0.4, 0.5) is 0 Å². The fourth-order valence-corrected chi connectivity index (χ4v) is 3.79. The van der Waals surface area contributed by atoms with Gasteiger partial charge in [-0.3, -0.25) is 9.89 Å². The van der Waals surface area contributed by atoms with Gasteiger partial charge in [-0.15, -0.1) is 0 Å². The van der Waals surface area contributed by atoms with Crippen molar-refractivity contribution in [3.8, 4) is 0 Å². The van der Waals surface area contributed by atoms with E-state index in [4.69, 9.17) is 17.0 Å². The van der Waals surface area contributed by atoms with Crippen LogP contribution in [0.1, 0.15) is 55.8 Å². The fraction of sp³-hybridized carbons (Fsp3) is 0.526. The molecule has 2 atom stereocenters. The van der Waals surface area contributed by atoms with E-state index in [1.54, 1.807) is 0 Å². The van der Waals surface area contributed by atoms with Crippen molar-refractivity contribution in [2.24, 2.45) is 5.92 Å². The average Bonchev–Trinajstić information content (AvgIpc) is 3.01. The highest BCUT2D eigenvalue weighted by Crippen LogP contribution is 2.34. The lowest BCUT2D eigenvalue weighted by Gasteiger charge is -2.31. The van der Waals surface area contributed by atoms with Crippen molar-refractivity contribution in [1.82, 2.24) is 20.1 Å². The van der Waals surface area contributed by atoms with Crippen LogP contribution in [0.5, 0.6) is 0 Å². The molecule has 0 bridgehead atoms. The first-order chi connectivity index (χ1) is 12.5. The van der Waals surface area contributed by atoms with E-state index in [0.29, 0.717) is 17.9 Å². The van der Waals surface area contributed by atoms with Gasteiger partial charge in [-0.25, -0.2) is 0 Å². The molecule has 2 N–H and O–H groups in total. The Kier molecular flexibility index (Phi) is 5.88. The van der Waals surface area contributed by atoms with Crippen LogP contribution in [-0.2, 0) is 16.1 Å². The number of aromatic amines is 1. The molecule has 2 unspecified atom stereocenters. The number of ether oxygens (including phenoxy) is 1. The van der Waals surface area contributed by atoms with E-state index in [1.807, 2.05) is 18.4 Å². The molecule has 0 spiro atoms. The van der Waals surface area contributed by atoms with Gasteiger partial charge in [0.05, 0.1) is 18.6 Å². The van der Waals surface area contributed by atoms with Crippen LogP contribution < -0.4 is 5.32 Å². The number of rotatable bonds is 5. The molecule has 0 radical (unpaired) electrons. The number of hydrogen-bond acceptors (Lipinski definition) is 4. The molecule has 0 aliphatic carbocycles. The third-order valence-corrected chi connectivity index (χ3v) is 5.07. The van der Waals surface area contributed by atoms with Crippen LogP contribution >= 0.6 is 12.2 Å². The highest BCUT2D eigenvalue weighted by Gasteiger charge is 2.33. The van der Waals surface area contributed by atoms with Crippen molar-refractivity contribution in [3.05, 3.63) is 46.0 Å². The van der Waals surface area contributed by atoms with Gasteiger partial charge in [0.2, 0.25) is 5.91 Å². The molecule has 6 nitrogen and oxygen atoms in total. The summed E-state index contributed by atoms with van der Waals surface area (Å²) in [4.78, 5) is 12.8. The summed E-state index contributed by atoms with van der Waals surface area (Å²) in [5, 5.41) is 10.1. The zero-order chi connectivity index (χ0) is 18.7. The van der Waals surface area contributed by atoms with Crippen LogP contribution in [-0.4, -0.2) is 27.3 Å². The molecule has 2 aromatic rings. The van der Waals surface area contributed by atoms with Crippen LogP contribution in [0.25, 0.3) is 0 Å². The predicted octanol–water partition coefficient (Wildman–Crippen LogP) is 3.61. The van der Waals surface area contributed by atoms with Gasteiger partial charge in [0, 0.05) is 12.6 Å². The Hall–Kier alpha value is -1.99. The van der Waals surface area contributed by atoms with E-state index < -0.39 is 0 Å². The minimum absolute atomic E-state index is 0.000463.